The third-order valence-corrected chi connectivity index (χ3v) is 4.11. The molecule has 0 spiro atoms. The van der Waals surface area contributed by atoms with Crippen LogP contribution in [0.3, 0.4) is 0 Å². The Hall–Kier alpha value is -1.55. The van der Waals surface area contributed by atoms with E-state index in [9.17, 15) is 4.79 Å². The molecule has 0 heterocycles. The summed E-state index contributed by atoms with van der Waals surface area (Å²) in [5.74, 6) is 1.19. The largest absolute Gasteiger partial charge is 0.496 e. The molecule has 2 N–H and O–H groups in total. The molecule has 1 fully saturated rings. The van der Waals surface area contributed by atoms with Crippen molar-refractivity contribution in [2.45, 2.75) is 25.7 Å². The lowest BCUT2D eigenvalue weighted by Crippen LogP contribution is -2.42. The van der Waals surface area contributed by atoms with Crippen molar-refractivity contribution in [1.29, 1.82) is 0 Å². The number of ether oxygens (including phenoxy) is 2. The molecular formula is C16H23NO3. The smallest absolute Gasteiger partial charge is 0.313 e. The summed E-state index contributed by atoms with van der Waals surface area (Å²) >= 11 is 0. The number of esters is 1. The predicted molar refractivity (Wildman–Crippen MR) is 77.5 cm³/mol. The maximum absolute atomic E-state index is 12.3. The normalized spacial score (nSPS) is 17.4. The van der Waals surface area contributed by atoms with Crippen LogP contribution < -0.4 is 10.5 Å². The van der Waals surface area contributed by atoms with E-state index in [2.05, 4.69) is 0 Å². The van der Waals surface area contributed by atoms with Gasteiger partial charge in [-0.05, 0) is 30.4 Å². The number of carbonyl (C=O) groups excluding carboxylic acids is 1. The molecule has 0 aliphatic heterocycles. The van der Waals surface area contributed by atoms with Crippen molar-refractivity contribution in [1.82, 2.24) is 0 Å². The topological polar surface area (TPSA) is 61.5 Å². The summed E-state index contributed by atoms with van der Waals surface area (Å²) in [4.78, 5) is 12.3. The highest BCUT2D eigenvalue weighted by Gasteiger charge is 2.43. The second-order valence-corrected chi connectivity index (χ2v) is 5.61. The SMILES string of the molecule is COC(=O)C(CN)(Cc1ccccc1OC)CC1CC1. The van der Waals surface area contributed by atoms with Gasteiger partial charge in [0.05, 0.1) is 19.6 Å². The van der Waals surface area contributed by atoms with E-state index in [1.807, 2.05) is 24.3 Å². The quantitative estimate of drug-likeness (QED) is 0.776. The van der Waals surface area contributed by atoms with Crippen molar-refractivity contribution in [2.75, 3.05) is 20.8 Å². The van der Waals surface area contributed by atoms with Gasteiger partial charge in [-0.15, -0.1) is 0 Å². The zero-order valence-electron chi connectivity index (χ0n) is 12.2. The Labute approximate surface area is 120 Å². The number of hydrogen-bond acceptors (Lipinski definition) is 4. The first-order chi connectivity index (χ1) is 9.65. The molecule has 0 amide bonds. The summed E-state index contributed by atoms with van der Waals surface area (Å²) in [7, 11) is 3.07. The maximum atomic E-state index is 12.3. The zero-order valence-corrected chi connectivity index (χ0v) is 12.2. The highest BCUT2D eigenvalue weighted by molar-refractivity contribution is 5.77. The first-order valence-electron chi connectivity index (χ1n) is 7.05. The van der Waals surface area contributed by atoms with Gasteiger partial charge in [-0.3, -0.25) is 4.79 Å². The van der Waals surface area contributed by atoms with E-state index in [1.165, 1.54) is 20.0 Å². The molecule has 20 heavy (non-hydrogen) atoms. The Bertz CT molecular complexity index is 471. The highest BCUT2D eigenvalue weighted by Crippen LogP contribution is 2.43. The molecule has 0 bridgehead atoms. The van der Waals surface area contributed by atoms with Crippen LogP contribution in [0, 0.1) is 11.3 Å². The fourth-order valence-electron chi connectivity index (χ4n) is 2.77. The minimum atomic E-state index is -0.634. The third kappa shape index (κ3) is 3.12. The maximum Gasteiger partial charge on any atom is 0.313 e. The molecule has 1 aliphatic rings. The van der Waals surface area contributed by atoms with E-state index in [4.69, 9.17) is 15.2 Å². The van der Waals surface area contributed by atoms with Gasteiger partial charge in [0.25, 0.3) is 0 Å². The Kier molecular flexibility index (Phi) is 4.65. The van der Waals surface area contributed by atoms with Gasteiger partial charge in [-0.1, -0.05) is 31.0 Å². The van der Waals surface area contributed by atoms with Gasteiger partial charge >= 0.3 is 5.97 Å². The van der Waals surface area contributed by atoms with Crippen LogP contribution in [0.5, 0.6) is 5.75 Å². The molecule has 1 saturated carbocycles. The third-order valence-electron chi connectivity index (χ3n) is 4.11. The Morgan fingerprint density at radius 3 is 2.60 bits per heavy atom. The van der Waals surface area contributed by atoms with Crippen LogP contribution in [-0.4, -0.2) is 26.7 Å². The molecule has 1 aromatic rings. The van der Waals surface area contributed by atoms with E-state index < -0.39 is 5.41 Å². The van der Waals surface area contributed by atoms with Crippen molar-refractivity contribution < 1.29 is 14.3 Å². The summed E-state index contributed by atoms with van der Waals surface area (Å²) < 4.78 is 10.4. The van der Waals surface area contributed by atoms with Crippen molar-refractivity contribution in [3.8, 4) is 5.75 Å². The number of carbonyl (C=O) groups is 1. The number of methoxy groups -OCH3 is 2. The van der Waals surface area contributed by atoms with E-state index in [0.717, 1.165) is 17.7 Å². The average molecular weight is 277 g/mol. The molecule has 1 aliphatic carbocycles. The standard InChI is InChI=1S/C16H23NO3/c1-19-14-6-4-3-5-13(14)10-16(11-17,15(18)20-2)9-12-7-8-12/h3-6,12H,7-11,17H2,1-2H3. The van der Waals surface area contributed by atoms with Crippen molar-refractivity contribution in [2.24, 2.45) is 17.1 Å². The summed E-state index contributed by atoms with van der Waals surface area (Å²) in [6, 6.07) is 7.77. The van der Waals surface area contributed by atoms with E-state index in [1.54, 1.807) is 7.11 Å². The summed E-state index contributed by atoms with van der Waals surface area (Å²) in [5, 5.41) is 0. The zero-order chi connectivity index (χ0) is 14.6. The Balaban J connectivity index is 2.27. The van der Waals surface area contributed by atoms with Crippen LogP contribution in [-0.2, 0) is 16.0 Å². The second kappa shape index (κ2) is 6.27. The lowest BCUT2D eigenvalue weighted by Gasteiger charge is -2.30. The lowest BCUT2D eigenvalue weighted by atomic mass is 9.77. The number of nitrogens with two attached hydrogens (primary N) is 1. The Morgan fingerprint density at radius 2 is 2.05 bits per heavy atom. The van der Waals surface area contributed by atoms with Crippen LogP contribution in [0.25, 0.3) is 0 Å². The molecular weight excluding hydrogens is 254 g/mol. The van der Waals surface area contributed by atoms with Crippen LogP contribution in [0.4, 0.5) is 0 Å². The average Bonchev–Trinajstić information content (AvgIpc) is 3.30. The van der Waals surface area contributed by atoms with Gasteiger partial charge in [0, 0.05) is 6.54 Å². The molecule has 110 valence electrons. The van der Waals surface area contributed by atoms with Crippen molar-refractivity contribution >= 4 is 5.97 Å². The number of para-hydroxylation sites is 1. The first-order valence-corrected chi connectivity index (χ1v) is 7.05. The number of hydrogen-bond donors (Lipinski definition) is 1. The van der Waals surface area contributed by atoms with Gasteiger partial charge in [0.2, 0.25) is 0 Å². The van der Waals surface area contributed by atoms with Crippen molar-refractivity contribution in [3.05, 3.63) is 29.8 Å². The molecule has 1 aromatic carbocycles. The molecule has 0 aromatic heterocycles. The number of rotatable bonds is 7. The van der Waals surface area contributed by atoms with Crippen LogP contribution in [0.1, 0.15) is 24.8 Å². The van der Waals surface area contributed by atoms with E-state index in [-0.39, 0.29) is 5.97 Å². The van der Waals surface area contributed by atoms with Gasteiger partial charge in [0.1, 0.15) is 5.75 Å². The molecule has 1 unspecified atom stereocenters. The molecule has 1 atom stereocenters. The fraction of sp³-hybridized carbons (Fsp3) is 0.562. The molecule has 4 nitrogen and oxygen atoms in total. The van der Waals surface area contributed by atoms with Crippen LogP contribution >= 0.6 is 0 Å². The molecule has 0 radical (unpaired) electrons. The minimum absolute atomic E-state index is 0.210. The molecule has 2 rings (SSSR count). The van der Waals surface area contributed by atoms with E-state index in [0.29, 0.717) is 18.9 Å². The second-order valence-electron chi connectivity index (χ2n) is 5.61. The van der Waals surface area contributed by atoms with Crippen molar-refractivity contribution in [3.63, 3.8) is 0 Å². The molecule has 0 saturated heterocycles. The fourth-order valence-corrected chi connectivity index (χ4v) is 2.77. The summed E-state index contributed by atoms with van der Waals surface area (Å²) in [6.45, 7) is 0.300. The first kappa shape index (κ1) is 14.9. The number of benzene rings is 1. The lowest BCUT2D eigenvalue weighted by molar-refractivity contribution is -0.153. The van der Waals surface area contributed by atoms with E-state index >= 15 is 0 Å². The van der Waals surface area contributed by atoms with Gasteiger partial charge in [-0.25, -0.2) is 0 Å². The monoisotopic (exact) mass is 277 g/mol. The summed E-state index contributed by atoms with van der Waals surface area (Å²) in [6.07, 6.45) is 3.74. The van der Waals surface area contributed by atoms with Gasteiger partial charge in [-0.2, -0.15) is 0 Å². The van der Waals surface area contributed by atoms with Gasteiger partial charge < -0.3 is 15.2 Å². The molecule has 4 heteroatoms. The van der Waals surface area contributed by atoms with Crippen LogP contribution in [0.15, 0.2) is 24.3 Å². The highest BCUT2D eigenvalue weighted by atomic mass is 16.5. The summed E-state index contributed by atoms with van der Waals surface area (Å²) in [5.41, 5.74) is 6.33. The van der Waals surface area contributed by atoms with Gasteiger partial charge in [0.15, 0.2) is 0 Å². The van der Waals surface area contributed by atoms with Crippen LogP contribution in [0.2, 0.25) is 0 Å². The Morgan fingerprint density at radius 1 is 1.35 bits per heavy atom. The predicted octanol–water partition coefficient (Wildman–Crippen LogP) is 2.16. The minimum Gasteiger partial charge on any atom is -0.496 e.